The lowest BCUT2D eigenvalue weighted by Crippen LogP contribution is -2.14. The Morgan fingerprint density at radius 3 is 2.88 bits per heavy atom. The number of nitrogens with zero attached hydrogens (tertiary/aromatic N) is 4. The molecule has 132 valence electrons. The third-order valence-electron chi connectivity index (χ3n) is 4.38. The Kier molecular flexibility index (Phi) is 4.30. The molecular weight excluding hydrogens is 348 g/mol. The van der Waals surface area contributed by atoms with Crippen LogP contribution in [0.5, 0.6) is 6.01 Å². The molecule has 0 spiro atoms. The van der Waals surface area contributed by atoms with Crippen LogP contribution in [0, 0.1) is 13.8 Å². The van der Waals surface area contributed by atoms with Gasteiger partial charge in [0.05, 0.1) is 6.54 Å². The molecule has 4 aromatic rings. The number of ketones is 1. The van der Waals surface area contributed by atoms with Crippen molar-refractivity contribution >= 4 is 22.8 Å². The largest absolute Gasteiger partial charge is 0.455 e. The Bertz CT molecular complexity index is 1060. The number of aryl methyl sites for hydroxylation is 1. The molecule has 0 aliphatic heterocycles. The summed E-state index contributed by atoms with van der Waals surface area (Å²) in [7, 11) is 0. The van der Waals surface area contributed by atoms with Crippen molar-refractivity contribution in [1.29, 1.82) is 0 Å². The lowest BCUT2D eigenvalue weighted by atomic mass is 10.1. The zero-order valence-electron chi connectivity index (χ0n) is 14.5. The van der Waals surface area contributed by atoms with E-state index >= 15 is 0 Å². The normalized spacial score (nSPS) is 11.2. The van der Waals surface area contributed by atoms with Crippen molar-refractivity contribution in [3.8, 4) is 6.01 Å². The molecule has 6 nitrogen and oxygen atoms in total. The van der Waals surface area contributed by atoms with Gasteiger partial charge in [-0.2, -0.15) is 0 Å². The molecule has 4 rings (SSSR count). The summed E-state index contributed by atoms with van der Waals surface area (Å²) in [6.45, 7) is 4.70. The summed E-state index contributed by atoms with van der Waals surface area (Å²) in [6.07, 6.45) is 1.81. The van der Waals surface area contributed by atoms with Crippen LogP contribution >= 0.6 is 11.3 Å². The fourth-order valence-electron chi connectivity index (χ4n) is 3.01. The second kappa shape index (κ2) is 6.76. The van der Waals surface area contributed by atoms with Crippen molar-refractivity contribution in [3.05, 3.63) is 69.8 Å². The molecule has 0 N–H and O–H groups in total. The van der Waals surface area contributed by atoms with E-state index in [1.165, 1.54) is 4.88 Å². The highest BCUT2D eigenvalue weighted by atomic mass is 32.1. The third-order valence-corrected chi connectivity index (χ3v) is 5.24. The van der Waals surface area contributed by atoms with Crippen molar-refractivity contribution in [1.82, 2.24) is 19.2 Å². The number of rotatable bonds is 6. The highest BCUT2D eigenvalue weighted by Crippen LogP contribution is 2.20. The third kappa shape index (κ3) is 3.01. The van der Waals surface area contributed by atoms with E-state index in [0.717, 1.165) is 17.9 Å². The van der Waals surface area contributed by atoms with Crippen LogP contribution in [0.3, 0.4) is 0 Å². The molecular formula is C19H18N4O2S. The number of aromatic nitrogens is 4. The predicted octanol–water partition coefficient (Wildman–Crippen LogP) is 3.52. The van der Waals surface area contributed by atoms with Crippen molar-refractivity contribution in [2.45, 2.75) is 20.4 Å². The van der Waals surface area contributed by atoms with Crippen LogP contribution in [0.4, 0.5) is 0 Å². The van der Waals surface area contributed by atoms with Gasteiger partial charge in [-0.25, -0.2) is 0 Å². The van der Waals surface area contributed by atoms with Crippen LogP contribution in [0.25, 0.3) is 5.65 Å². The quantitative estimate of drug-likeness (QED) is 0.490. The highest BCUT2D eigenvalue weighted by molar-refractivity contribution is 7.09. The molecule has 0 unspecified atom stereocenters. The van der Waals surface area contributed by atoms with Gasteiger partial charge < -0.3 is 9.30 Å². The SMILES string of the molecule is Cc1cc(C(=O)COc2nnc3ccccn23)c(C)n1Cc1cccs1. The molecule has 0 saturated carbocycles. The molecule has 0 atom stereocenters. The fourth-order valence-corrected chi connectivity index (χ4v) is 3.70. The first-order chi connectivity index (χ1) is 12.6. The summed E-state index contributed by atoms with van der Waals surface area (Å²) in [5.41, 5.74) is 3.39. The van der Waals surface area contributed by atoms with Gasteiger partial charge in [-0.1, -0.05) is 17.2 Å². The second-order valence-corrected chi connectivity index (χ2v) is 7.11. The summed E-state index contributed by atoms with van der Waals surface area (Å²) in [6, 6.07) is 12.0. The Morgan fingerprint density at radius 1 is 1.19 bits per heavy atom. The molecule has 4 heterocycles. The van der Waals surface area contributed by atoms with Crippen molar-refractivity contribution < 1.29 is 9.53 Å². The van der Waals surface area contributed by atoms with Gasteiger partial charge in [-0.15, -0.1) is 16.4 Å². The van der Waals surface area contributed by atoms with Crippen LogP contribution in [-0.2, 0) is 6.54 Å². The summed E-state index contributed by atoms with van der Waals surface area (Å²) in [5, 5.41) is 10.1. The van der Waals surface area contributed by atoms with Crippen LogP contribution in [0.2, 0.25) is 0 Å². The van der Waals surface area contributed by atoms with E-state index in [1.54, 1.807) is 15.7 Å². The number of thiophene rings is 1. The lowest BCUT2D eigenvalue weighted by molar-refractivity contribution is 0.0912. The van der Waals surface area contributed by atoms with Crippen LogP contribution in [0.15, 0.2) is 48.0 Å². The minimum Gasteiger partial charge on any atom is -0.455 e. The number of carbonyl (C=O) groups excluding carboxylic acids is 1. The summed E-state index contributed by atoms with van der Waals surface area (Å²) in [5.74, 6) is -0.0665. The van der Waals surface area contributed by atoms with Crippen molar-refractivity contribution in [2.24, 2.45) is 0 Å². The maximum Gasteiger partial charge on any atom is 0.321 e. The molecule has 0 amide bonds. The standard InChI is InChI=1S/C19H18N4O2S/c1-13-10-16(14(2)23(13)11-15-6-5-9-26-15)17(24)12-25-19-21-20-18-7-3-4-8-22(18)19/h3-10H,11-12H2,1-2H3. The molecule has 0 saturated heterocycles. The molecule has 4 aromatic heterocycles. The van der Waals surface area contributed by atoms with Gasteiger partial charge >= 0.3 is 6.01 Å². The summed E-state index contributed by atoms with van der Waals surface area (Å²) >= 11 is 1.71. The number of hydrogen-bond acceptors (Lipinski definition) is 5. The zero-order valence-corrected chi connectivity index (χ0v) is 15.4. The van der Waals surface area contributed by atoms with E-state index < -0.39 is 0 Å². The van der Waals surface area contributed by atoms with Gasteiger partial charge in [0.2, 0.25) is 5.78 Å². The maximum absolute atomic E-state index is 12.7. The Morgan fingerprint density at radius 2 is 2.08 bits per heavy atom. The predicted molar refractivity (Wildman–Crippen MR) is 100 cm³/mol. The molecule has 0 aromatic carbocycles. The van der Waals surface area contributed by atoms with E-state index in [4.69, 9.17) is 4.74 Å². The number of carbonyl (C=O) groups is 1. The van der Waals surface area contributed by atoms with Gasteiger partial charge in [-0.05, 0) is 43.5 Å². The average molecular weight is 366 g/mol. The Balaban J connectivity index is 1.51. The minimum absolute atomic E-state index is 0.0665. The number of pyridine rings is 1. The molecule has 0 bridgehead atoms. The first kappa shape index (κ1) is 16.5. The van der Waals surface area contributed by atoms with E-state index in [0.29, 0.717) is 17.2 Å². The minimum atomic E-state index is -0.0705. The van der Waals surface area contributed by atoms with Gasteiger partial charge in [-0.3, -0.25) is 9.20 Å². The maximum atomic E-state index is 12.7. The fraction of sp³-hybridized carbons (Fsp3) is 0.211. The van der Waals surface area contributed by atoms with Crippen LogP contribution < -0.4 is 4.74 Å². The van der Waals surface area contributed by atoms with E-state index in [-0.39, 0.29) is 12.4 Å². The smallest absolute Gasteiger partial charge is 0.321 e. The Hall–Kier alpha value is -2.93. The van der Waals surface area contributed by atoms with Crippen LogP contribution in [0.1, 0.15) is 26.6 Å². The number of ether oxygens (including phenoxy) is 1. The first-order valence-electron chi connectivity index (χ1n) is 8.28. The number of Topliss-reactive ketones (excluding diaryl/α,β-unsaturated/α-hetero) is 1. The average Bonchev–Trinajstić information content (AvgIpc) is 3.36. The molecule has 0 aliphatic rings. The summed E-state index contributed by atoms with van der Waals surface area (Å²) < 4.78 is 9.49. The summed E-state index contributed by atoms with van der Waals surface area (Å²) in [4.78, 5) is 13.9. The highest BCUT2D eigenvalue weighted by Gasteiger charge is 2.17. The van der Waals surface area contributed by atoms with Crippen molar-refractivity contribution in [3.63, 3.8) is 0 Å². The zero-order chi connectivity index (χ0) is 18.1. The van der Waals surface area contributed by atoms with Gasteiger partial charge in [0.25, 0.3) is 0 Å². The second-order valence-electron chi connectivity index (χ2n) is 6.07. The van der Waals surface area contributed by atoms with Gasteiger partial charge in [0, 0.05) is 28.0 Å². The first-order valence-corrected chi connectivity index (χ1v) is 9.16. The number of fused-ring (bicyclic) bond motifs is 1. The van der Waals surface area contributed by atoms with E-state index in [1.807, 2.05) is 50.4 Å². The number of hydrogen-bond donors (Lipinski definition) is 0. The molecule has 26 heavy (non-hydrogen) atoms. The van der Waals surface area contributed by atoms with E-state index in [2.05, 4.69) is 26.2 Å². The lowest BCUT2D eigenvalue weighted by Gasteiger charge is -2.08. The van der Waals surface area contributed by atoms with Crippen molar-refractivity contribution in [2.75, 3.05) is 6.61 Å². The molecule has 0 fully saturated rings. The Labute approximate surface area is 154 Å². The van der Waals surface area contributed by atoms with Gasteiger partial charge in [0.15, 0.2) is 12.3 Å². The van der Waals surface area contributed by atoms with E-state index in [9.17, 15) is 4.79 Å². The molecule has 0 aliphatic carbocycles. The van der Waals surface area contributed by atoms with Gasteiger partial charge in [0.1, 0.15) is 0 Å². The molecule has 7 heteroatoms. The topological polar surface area (TPSA) is 61.4 Å². The molecule has 0 radical (unpaired) electrons. The van der Waals surface area contributed by atoms with Crippen LogP contribution in [-0.4, -0.2) is 31.6 Å². The monoisotopic (exact) mass is 366 g/mol.